The Morgan fingerprint density at radius 1 is 1.27 bits per heavy atom. The van der Waals surface area contributed by atoms with Gasteiger partial charge in [-0.3, -0.25) is 9.78 Å². The van der Waals surface area contributed by atoms with Gasteiger partial charge in [0, 0.05) is 23.7 Å². The molecule has 2 aromatic rings. The van der Waals surface area contributed by atoms with E-state index in [4.69, 9.17) is 4.42 Å². The summed E-state index contributed by atoms with van der Waals surface area (Å²) in [5.41, 5.74) is 4.39. The van der Waals surface area contributed by atoms with Crippen LogP contribution in [0.1, 0.15) is 45.4 Å². The monoisotopic (exact) mass is 373 g/mol. The standard InChI is InChI=1S/C18H23N5O2S/c1-13(11-14-5-3-2-4-6-14)20-21-16(24)12-26-18-23-22-17(25-18)15-7-9-19-10-8-15/h7-10,14H,2-6,11-12H2,1H3,(H,21,24). The molecule has 0 bridgehead atoms. The Labute approximate surface area is 157 Å². The molecule has 8 heteroatoms. The Morgan fingerprint density at radius 3 is 2.81 bits per heavy atom. The van der Waals surface area contributed by atoms with Crippen molar-refractivity contribution < 1.29 is 9.21 Å². The molecular weight excluding hydrogens is 350 g/mol. The fourth-order valence-electron chi connectivity index (χ4n) is 3.05. The number of carbonyl (C=O) groups is 1. The number of aromatic nitrogens is 3. The van der Waals surface area contributed by atoms with Crippen molar-refractivity contribution in [1.29, 1.82) is 0 Å². The zero-order chi connectivity index (χ0) is 18.2. The summed E-state index contributed by atoms with van der Waals surface area (Å²) in [7, 11) is 0. The predicted octanol–water partition coefficient (Wildman–Crippen LogP) is 3.69. The first-order valence-corrected chi connectivity index (χ1v) is 9.88. The normalized spacial score (nSPS) is 15.8. The number of hydrogen-bond donors (Lipinski definition) is 1. The second-order valence-electron chi connectivity index (χ2n) is 6.49. The van der Waals surface area contributed by atoms with Crippen molar-refractivity contribution in [3.8, 4) is 11.5 Å². The molecule has 0 atom stereocenters. The van der Waals surface area contributed by atoms with E-state index in [1.807, 2.05) is 6.92 Å². The van der Waals surface area contributed by atoms with Gasteiger partial charge in [-0.05, 0) is 31.4 Å². The molecule has 0 aliphatic heterocycles. The molecule has 0 spiro atoms. The van der Waals surface area contributed by atoms with E-state index < -0.39 is 0 Å². The van der Waals surface area contributed by atoms with Crippen molar-refractivity contribution in [2.75, 3.05) is 5.75 Å². The fourth-order valence-corrected chi connectivity index (χ4v) is 3.61. The minimum Gasteiger partial charge on any atom is -0.411 e. The smallest absolute Gasteiger partial charge is 0.277 e. The number of pyridine rings is 1. The molecule has 1 aliphatic carbocycles. The Kier molecular flexibility index (Phi) is 6.76. The average Bonchev–Trinajstić information content (AvgIpc) is 3.15. The highest BCUT2D eigenvalue weighted by Gasteiger charge is 2.15. The zero-order valence-corrected chi connectivity index (χ0v) is 15.7. The molecule has 1 amide bonds. The number of nitrogens with zero attached hydrogens (tertiary/aromatic N) is 4. The third-order valence-electron chi connectivity index (χ3n) is 4.34. The van der Waals surface area contributed by atoms with Gasteiger partial charge in [0.2, 0.25) is 5.89 Å². The van der Waals surface area contributed by atoms with E-state index in [0.717, 1.165) is 17.7 Å². The summed E-state index contributed by atoms with van der Waals surface area (Å²) in [5, 5.41) is 12.5. The number of amides is 1. The van der Waals surface area contributed by atoms with Crippen LogP contribution in [-0.2, 0) is 4.79 Å². The Bertz CT molecular complexity index is 741. The minimum atomic E-state index is -0.179. The van der Waals surface area contributed by atoms with Crippen LogP contribution in [0.4, 0.5) is 0 Å². The zero-order valence-electron chi connectivity index (χ0n) is 14.9. The number of hydrogen-bond acceptors (Lipinski definition) is 7. The maximum absolute atomic E-state index is 12.0. The Morgan fingerprint density at radius 2 is 2.04 bits per heavy atom. The van der Waals surface area contributed by atoms with Crippen LogP contribution in [0.3, 0.4) is 0 Å². The van der Waals surface area contributed by atoms with Gasteiger partial charge in [-0.15, -0.1) is 10.2 Å². The van der Waals surface area contributed by atoms with E-state index in [1.54, 1.807) is 24.5 Å². The van der Waals surface area contributed by atoms with Crippen molar-refractivity contribution in [3.05, 3.63) is 24.5 Å². The summed E-state index contributed by atoms with van der Waals surface area (Å²) >= 11 is 1.19. The van der Waals surface area contributed by atoms with Crippen molar-refractivity contribution in [2.45, 2.75) is 50.7 Å². The highest BCUT2D eigenvalue weighted by atomic mass is 32.2. The minimum absolute atomic E-state index is 0.179. The number of nitrogens with one attached hydrogen (secondary N) is 1. The van der Waals surface area contributed by atoms with Gasteiger partial charge in [0.15, 0.2) is 0 Å². The van der Waals surface area contributed by atoms with Crippen molar-refractivity contribution in [2.24, 2.45) is 11.0 Å². The van der Waals surface area contributed by atoms with Crippen LogP contribution in [0.2, 0.25) is 0 Å². The van der Waals surface area contributed by atoms with Gasteiger partial charge < -0.3 is 4.42 Å². The lowest BCUT2D eigenvalue weighted by Crippen LogP contribution is -2.22. The van der Waals surface area contributed by atoms with Crippen molar-refractivity contribution >= 4 is 23.4 Å². The molecule has 1 N–H and O–H groups in total. The highest BCUT2D eigenvalue weighted by Crippen LogP contribution is 2.26. The van der Waals surface area contributed by atoms with Gasteiger partial charge in [0.05, 0.1) is 5.75 Å². The lowest BCUT2D eigenvalue weighted by molar-refractivity contribution is -0.118. The first kappa shape index (κ1) is 18.6. The molecular formula is C18H23N5O2S. The second-order valence-corrected chi connectivity index (χ2v) is 7.41. The van der Waals surface area contributed by atoms with Crippen molar-refractivity contribution in [3.63, 3.8) is 0 Å². The molecule has 7 nitrogen and oxygen atoms in total. The molecule has 0 aromatic carbocycles. The van der Waals surface area contributed by atoms with Crippen LogP contribution < -0.4 is 5.43 Å². The van der Waals surface area contributed by atoms with Crippen molar-refractivity contribution in [1.82, 2.24) is 20.6 Å². The summed E-state index contributed by atoms with van der Waals surface area (Å²) in [4.78, 5) is 15.9. The maximum atomic E-state index is 12.0. The van der Waals surface area contributed by atoms with Gasteiger partial charge in [-0.1, -0.05) is 43.9 Å². The molecule has 1 aliphatic rings. The van der Waals surface area contributed by atoms with Gasteiger partial charge >= 0.3 is 0 Å². The van der Waals surface area contributed by atoms with Crippen LogP contribution in [0, 0.1) is 5.92 Å². The Hall–Kier alpha value is -2.22. The number of thioether (sulfide) groups is 1. The van der Waals surface area contributed by atoms with E-state index in [-0.39, 0.29) is 11.7 Å². The van der Waals surface area contributed by atoms with E-state index in [2.05, 4.69) is 25.7 Å². The molecule has 3 rings (SSSR count). The number of carbonyl (C=O) groups excluding carboxylic acids is 1. The maximum Gasteiger partial charge on any atom is 0.277 e. The molecule has 0 unspecified atom stereocenters. The highest BCUT2D eigenvalue weighted by molar-refractivity contribution is 7.99. The van der Waals surface area contributed by atoms with E-state index in [9.17, 15) is 4.79 Å². The van der Waals surface area contributed by atoms with Crippen LogP contribution in [0.15, 0.2) is 39.3 Å². The summed E-state index contributed by atoms with van der Waals surface area (Å²) in [6.07, 6.45) is 10.8. The molecule has 138 valence electrons. The summed E-state index contributed by atoms with van der Waals surface area (Å²) in [6, 6.07) is 3.58. The van der Waals surface area contributed by atoms with Crippen LogP contribution >= 0.6 is 11.8 Å². The third kappa shape index (κ3) is 5.66. The molecule has 2 heterocycles. The first-order valence-electron chi connectivity index (χ1n) is 8.89. The van der Waals surface area contributed by atoms with Gasteiger partial charge in [0.1, 0.15) is 0 Å². The molecule has 1 saturated carbocycles. The molecule has 0 saturated heterocycles. The van der Waals surface area contributed by atoms with Crippen LogP contribution in [0.25, 0.3) is 11.5 Å². The van der Waals surface area contributed by atoms with E-state index in [1.165, 1.54) is 43.9 Å². The Balaban J connectivity index is 1.42. The van der Waals surface area contributed by atoms with E-state index >= 15 is 0 Å². The van der Waals surface area contributed by atoms with Gasteiger partial charge in [0.25, 0.3) is 11.1 Å². The quantitative estimate of drug-likeness (QED) is 0.452. The number of hydrazone groups is 1. The lowest BCUT2D eigenvalue weighted by atomic mass is 9.86. The molecule has 26 heavy (non-hydrogen) atoms. The first-order chi connectivity index (χ1) is 12.7. The molecule has 0 radical (unpaired) electrons. The summed E-state index contributed by atoms with van der Waals surface area (Å²) in [6.45, 7) is 1.97. The third-order valence-corrected chi connectivity index (χ3v) is 5.16. The van der Waals surface area contributed by atoms with Crippen LogP contribution in [0.5, 0.6) is 0 Å². The van der Waals surface area contributed by atoms with Crippen LogP contribution in [-0.4, -0.2) is 32.6 Å². The molecule has 1 fully saturated rings. The predicted molar refractivity (Wildman–Crippen MR) is 101 cm³/mol. The van der Waals surface area contributed by atoms with E-state index in [0.29, 0.717) is 17.0 Å². The average molecular weight is 373 g/mol. The SMILES string of the molecule is CC(CC1CCCCC1)=NNC(=O)CSc1nnc(-c2ccncc2)o1. The van der Waals surface area contributed by atoms with Gasteiger partial charge in [-0.25, -0.2) is 5.43 Å². The number of rotatable bonds is 7. The lowest BCUT2D eigenvalue weighted by Gasteiger charge is -2.21. The molecule has 2 aromatic heterocycles. The fraction of sp³-hybridized carbons (Fsp3) is 0.500. The largest absolute Gasteiger partial charge is 0.411 e. The topological polar surface area (TPSA) is 93.3 Å². The van der Waals surface area contributed by atoms with Gasteiger partial charge in [-0.2, -0.15) is 5.10 Å². The summed E-state index contributed by atoms with van der Waals surface area (Å²) in [5.74, 6) is 1.13. The summed E-state index contributed by atoms with van der Waals surface area (Å²) < 4.78 is 5.54. The second kappa shape index (κ2) is 9.47.